The number of hydrogen-bond donors (Lipinski definition) is 1. The zero-order valence-electron chi connectivity index (χ0n) is 10.9. The molecule has 1 aromatic rings. The van der Waals surface area contributed by atoms with Gasteiger partial charge in [-0.25, -0.2) is 0 Å². The van der Waals surface area contributed by atoms with E-state index in [2.05, 4.69) is 5.32 Å². The first kappa shape index (κ1) is 12.8. The van der Waals surface area contributed by atoms with Gasteiger partial charge in [-0.2, -0.15) is 0 Å². The molecule has 1 aliphatic carbocycles. The van der Waals surface area contributed by atoms with Gasteiger partial charge in [-0.15, -0.1) is 0 Å². The summed E-state index contributed by atoms with van der Waals surface area (Å²) in [7, 11) is 0. The Morgan fingerprint density at radius 2 is 2.11 bits per heavy atom. The van der Waals surface area contributed by atoms with E-state index in [9.17, 15) is 4.79 Å². The molecule has 102 valence electrons. The number of rotatable bonds is 3. The molecule has 19 heavy (non-hydrogen) atoms. The maximum Gasteiger partial charge on any atom is 0.170 e. The summed E-state index contributed by atoms with van der Waals surface area (Å²) in [6.07, 6.45) is 5.71. The number of halogens is 1. The third-order valence-corrected chi connectivity index (χ3v) is 4.40. The van der Waals surface area contributed by atoms with Crippen LogP contribution in [-0.2, 0) is 0 Å². The lowest BCUT2D eigenvalue weighted by Crippen LogP contribution is -2.17. The number of Topliss-reactive ketones (excluding diaryl/α,β-unsaturated/α-hetero) is 1. The van der Waals surface area contributed by atoms with Crippen molar-refractivity contribution in [3.8, 4) is 5.75 Å². The van der Waals surface area contributed by atoms with Gasteiger partial charge in [0.1, 0.15) is 5.02 Å². The molecule has 0 spiro atoms. The second kappa shape index (κ2) is 5.41. The van der Waals surface area contributed by atoms with Gasteiger partial charge in [0.05, 0.1) is 17.9 Å². The number of anilines is 1. The van der Waals surface area contributed by atoms with Crippen LogP contribution < -0.4 is 10.1 Å². The number of hydrogen-bond acceptors (Lipinski definition) is 3. The van der Waals surface area contributed by atoms with E-state index in [-0.39, 0.29) is 5.78 Å². The van der Waals surface area contributed by atoms with Crippen molar-refractivity contribution in [2.75, 3.05) is 18.5 Å². The van der Waals surface area contributed by atoms with Crippen LogP contribution in [0.5, 0.6) is 5.75 Å². The molecule has 1 aliphatic heterocycles. The van der Waals surface area contributed by atoms with Crippen molar-refractivity contribution in [2.24, 2.45) is 5.92 Å². The van der Waals surface area contributed by atoms with E-state index < -0.39 is 0 Å². The summed E-state index contributed by atoms with van der Waals surface area (Å²) in [6.45, 7) is 1.38. The zero-order valence-corrected chi connectivity index (χ0v) is 11.6. The van der Waals surface area contributed by atoms with Crippen LogP contribution in [0.1, 0.15) is 42.5 Å². The van der Waals surface area contributed by atoms with Gasteiger partial charge in [-0.3, -0.25) is 4.79 Å². The fourth-order valence-electron chi connectivity index (χ4n) is 2.90. The maximum absolute atomic E-state index is 11.8. The summed E-state index contributed by atoms with van der Waals surface area (Å²) in [5.41, 5.74) is 1.49. The Morgan fingerprint density at radius 3 is 2.89 bits per heavy atom. The van der Waals surface area contributed by atoms with Gasteiger partial charge in [0.25, 0.3) is 0 Å². The molecule has 0 atom stereocenters. The van der Waals surface area contributed by atoms with E-state index in [0.29, 0.717) is 29.4 Å². The third kappa shape index (κ3) is 2.57. The quantitative estimate of drug-likeness (QED) is 0.912. The molecule has 0 aromatic heterocycles. The number of ketones is 1. The Morgan fingerprint density at radius 1 is 1.32 bits per heavy atom. The average Bonchev–Trinajstić information content (AvgIpc) is 2.92. The molecule has 0 amide bonds. The lowest BCUT2D eigenvalue weighted by molar-refractivity contribution is 0.0933. The van der Waals surface area contributed by atoms with E-state index in [4.69, 9.17) is 16.3 Å². The molecule has 0 unspecified atom stereocenters. The summed E-state index contributed by atoms with van der Waals surface area (Å²) in [4.78, 5) is 11.8. The highest BCUT2D eigenvalue weighted by Crippen LogP contribution is 2.38. The summed E-state index contributed by atoms with van der Waals surface area (Å²) >= 11 is 6.34. The molecule has 0 radical (unpaired) electrons. The topological polar surface area (TPSA) is 38.3 Å². The van der Waals surface area contributed by atoms with Crippen molar-refractivity contribution < 1.29 is 9.53 Å². The number of ether oxygens (including phenoxy) is 1. The van der Waals surface area contributed by atoms with Crippen LogP contribution in [0.4, 0.5) is 5.69 Å². The van der Waals surface area contributed by atoms with Crippen molar-refractivity contribution in [2.45, 2.75) is 32.1 Å². The maximum atomic E-state index is 11.8. The van der Waals surface area contributed by atoms with Gasteiger partial charge in [0, 0.05) is 13.0 Å². The average molecular weight is 280 g/mol. The highest BCUT2D eigenvalue weighted by atomic mass is 35.5. The van der Waals surface area contributed by atoms with E-state index >= 15 is 0 Å². The van der Waals surface area contributed by atoms with E-state index in [1.807, 2.05) is 12.1 Å². The first-order valence-corrected chi connectivity index (χ1v) is 7.36. The highest BCUT2D eigenvalue weighted by Gasteiger charge is 2.23. The van der Waals surface area contributed by atoms with Gasteiger partial charge in [0.2, 0.25) is 0 Å². The van der Waals surface area contributed by atoms with Gasteiger partial charge in [-0.05, 0) is 30.9 Å². The standard InChI is InChI=1S/C15H18ClNO2/c16-14-12(17-9-10-3-1-2-4-10)6-5-11-13(18)7-8-19-15(11)14/h5-6,10,17H,1-4,7-9H2. The Hall–Kier alpha value is -1.22. The van der Waals surface area contributed by atoms with Crippen LogP contribution in [0.15, 0.2) is 12.1 Å². The molecule has 1 heterocycles. The Labute approximate surface area is 118 Å². The molecule has 0 bridgehead atoms. The number of carbonyl (C=O) groups is 1. The second-order valence-corrected chi connectivity index (χ2v) is 5.73. The Kier molecular flexibility index (Phi) is 3.65. The normalized spacial score (nSPS) is 19.1. The number of benzene rings is 1. The number of fused-ring (bicyclic) bond motifs is 1. The van der Waals surface area contributed by atoms with Crippen LogP contribution >= 0.6 is 11.6 Å². The Balaban J connectivity index is 1.77. The summed E-state index contributed by atoms with van der Waals surface area (Å²) in [5.74, 6) is 1.41. The molecule has 1 aromatic carbocycles. The molecule has 1 fully saturated rings. The SMILES string of the molecule is O=C1CCOc2c1ccc(NCC1CCCC1)c2Cl. The highest BCUT2D eigenvalue weighted by molar-refractivity contribution is 6.35. The Bertz CT molecular complexity index is 495. The molecular weight excluding hydrogens is 262 g/mol. The lowest BCUT2D eigenvalue weighted by Gasteiger charge is -2.20. The number of nitrogens with one attached hydrogen (secondary N) is 1. The minimum absolute atomic E-state index is 0.116. The van der Waals surface area contributed by atoms with Crippen LogP contribution in [0.3, 0.4) is 0 Å². The van der Waals surface area contributed by atoms with Crippen LogP contribution in [0, 0.1) is 5.92 Å². The zero-order chi connectivity index (χ0) is 13.2. The summed E-state index contributed by atoms with van der Waals surface area (Å²) < 4.78 is 5.54. The summed E-state index contributed by atoms with van der Waals surface area (Å²) in [5, 5.41) is 3.94. The van der Waals surface area contributed by atoms with Gasteiger partial charge >= 0.3 is 0 Å². The lowest BCUT2D eigenvalue weighted by atomic mass is 10.0. The van der Waals surface area contributed by atoms with E-state index in [1.165, 1.54) is 25.7 Å². The van der Waals surface area contributed by atoms with Gasteiger partial charge in [0.15, 0.2) is 11.5 Å². The van der Waals surface area contributed by atoms with Crippen LogP contribution in [0.25, 0.3) is 0 Å². The molecule has 3 nitrogen and oxygen atoms in total. The third-order valence-electron chi connectivity index (χ3n) is 4.03. The van der Waals surface area contributed by atoms with Crippen molar-refractivity contribution in [1.29, 1.82) is 0 Å². The largest absolute Gasteiger partial charge is 0.491 e. The molecular formula is C15H18ClNO2. The van der Waals surface area contributed by atoms with Crippen LogP contribution in [0.2, 0.25) is 5.02 Å². The predicted octanol–water partition coefficient (Wildman–Crippen LogP) is 3.91. The van der Waals surface area contributed by atoms with Crippen molar-refractivity contribution in [1.82, 2.24) is 0 Å². The monoisotopic (exact) mass is 279 g/mol. The molecule has 1 N–H and O–H groups in total. The van der Waals surface area contributed by atoms with Crippen LogP contribution in [-0.4, -0.2) is 18.9 Å². The minimum atomic E-state index is 0.116. The molecule has 1 saturated carbocycles. The van der Waals surface area contributed by atoms with E-state index in [1.54, 1.807) is 0 Å². The van der Waals surface area contributed by atoms with Gasteiger partial charge < -0.3 is 10.1 Å². The first-order chi connectivity index (χ1) is 9.25. The molecule has 4 heteroatoms. The van der Waals surface area contributed by atoms with E-state index in [0.717, 1.165) is 18.2 Å². The molecule has 0 saturated heterocycles. The van der Waals surface area contributed by atoms with Crippen molar-refractivity contribution >= 4 is 23.1 Å². The predicted molar refractivity (Wildman–Crippen MR) is 76.3 cm³/mol. The number of carbonyl (C=O) groups excluding carboxylic acids is 1. The summed E-state index contributed by atoms with van der Waals surface area (Å²) in [6, 6.07) is 3.71. The van der Waals surface area contributed by atoms with Gasteiger partial charge in [-0.1, -0.05) is 24.4 Å². The fourth-order valence-corrected chi connectivity index (χ4v) is 3.19. The molecule has 2 aliphatic rings. The minimum Gasteiger partial charge on any atom is -0.491 e. The first-order valence-electron chi connectivity index (χ1n) is 6.98. The second-order valence-electron chi connectivity index (χ2n) is 5.36. The molecule has 3 rings (SSSR count). The van der Waals surface area contributed by atoms with Crippen molar-refractivity contribution in [3.63, 3.8) is 0 Å². The smallest absolute Gasteiger partial charge is 0.170 e. The van der Waals surface area contributed by atoms with Crippen molar-refractivity contribution in [3.05, 3.63) is 22.7 Å². The fraction of sp³-hybridized carbons (Fsp3) is 0.533.